The highest BCUT2D eigenvalue weighted by atomic mass is 19.4. The molecule has 1 aliphatic rings. The van der Waals surface area contributed by atoms with Gasteiger partial charge in [-0.1, -0.05) is 26.0 Å². The van der Waals surface area contributed by atoms with Gasteiger partial charge >= 0.3 is 6.18 Å². The second-order valence-electron chi connectivity index (χ2n) is 6.68. The summed E-state index contributed by atoms with van der Waals surface area (Å²) in [6.45, 7) is 4.89. The molecule has 0 aromatic heterocycles. The van der Waals surface area contributed by atoms with Gasteiger partial charge in [0.2, 0.25) is 5.91 Å². The van der Waals surface area contributed by atoms with Gasteiger partial charge in [-0.25, -0.2) is 0 Å². The predicted octanol–water partition coefficient (Wildman–Crippen LogP) is 5.04. The number of hydrogen-bond donors (Lipinski definition) is 0. The minimum absolute atomic E-state index is 0.0527. The maximum atomic E-state index is 12.7. The summed E-state index contributed by atoms with van der Waals surface area (Å²) >= 11 is 0. The van der Waals surface area contributed by atoms with E-state index >= 15 is 0 Å². The molecule has 2 aromatic rings. The summed E-state index contributed by atoms with van der Waals surface area (Å²) in [7, 11) is 0. The summed E-state index contributed by atoms with van der Waals surface area (Å²) in [5, 5.41) is 0. The molecular weight excluding hydrogens is 343 g/mol. The molecule has 1 amide bonds. The molecule has 0 N–H and O–H groups in total. The van der Waals surface area contributed by atoms with Crippen molar-refractivity contribution in [3.05, 3.63) is 59.2 Å². The molecule has 2 aromatic carbocycles. The van der Waals surface area contributed by atoms with E-state index < -0.39 is 11.7 Å². The number of benzene rings is 2. The average Bonchev–Trinajstić information content (AvgIpc) is 2.60. The van der Waals surface area contributed by atoms with Crippen molar-refractivity contribution in [3.8, 4) is 11.5 Å². The molecule has 1 aliphatic heterocycles. The van der Waals surface area contributed by atoms with Crippen molar-refractivity contribution < 1.29 is 22.7 Å². The summed E-state index contributed by atoms with van der Waals surface area (Å²) < 4.78 is 43.8. The molecule has 0 aliphatic carbocycles. The summed E-state index contributed by atoms with van der Waals surface area (Å²) in [6, 6.07) is 10.2. The lowest BCUT2D eigenvalue weighted by Gasteiger charge is -2.31. The average molecular weight is 363 g/mol. The first-order chi connectivity index (χ1) is 12.3. The minimum Gasteiger partial charge on any atom is -0.457 e. The van der Waals surface area contributed by atoms with E-state index in [9.17, 15) is 18.0 Å². The molecule has 0 bridgehead atoms. The standard InChI is InChI=1S/C20H20F3NO2/c1-13(2)19(25)24-11-10-17-14(12-24)4-3-5-18(17)26-16-8-6-15(7-9-16)20(21,22)23/h3-9,13H,10-12H2,1-2H3. The summed E-state index contributed by atoms with van der Waals surface area (Å²) in [6.07, 6.45) is -3.71. The fourth-order valence-electron chi connectivity index (χ4n) is 3.06. The first kappa shape index (κ1) is 18.3. The minimum atomic E-state index is -4.36. The van der Waals surface area contributed by atoms with Crippen LogP contribution < -0.4 is 4.74 Å². The van der Waals surface area contributed by atoms with Crippen LogP contribution in [0.25, 0.3) is 0 Å². The Labute approximate surface area is 150 Å². The van der Waals surface area contributed by atoms with Gasteiger partial charge < -0.3 is 9.64 Å². The quantitative estimate of drug-likeness (QED) is 0.765. The SMILES string of the molecule is CC(C)C(=O)N1CCc2c(cccc2Oc2ccc(C(F)(F)F)cc2)C1. The Morgan fingerprint density at radius 1 is 1.12 bits per heavy atom. The van der Waals surface area contributed by atoms with Crippen molar-refractivity contribution in [3.63, 3.8) is 0 Å². The Balaban J connectivity index is 1.79. The molecule has 3 rings (SSSR count). The Hall–Kier alpha value is -2.50. The van der Waals surface area contributed by atoms with Crippen LogP contribution in [0.4, 0.5) is 13.2 Å². The van der Waals surface area contributed by atoms with Gasteiger partial charge in [-0.3, -0.25) is 4.79 Å². The van der Waals surface area contributed by atoms with Crippen molar-refractivity contribution in [2.75, 3.05) is 6.54 Å². The zero-order valence-corrected chi connectivity index (χ0v) is 14.6. The second kappa shape index (κ2) is 7.02. The zero-order valence-electron chi connectivity index (χ0n) is 14.6. The third-order valence-electron chi connectivity index (χ3n) is 4.44. The van der Waals surface area contributed by atoms with Gasteiger partial charge in [0.15, 0.2) is 0 Å². The molecule has 0 saturated heterocycles. The molecule has 26 heavy (non-hydrogen) atoms. The van der Waals surface area contributed by atoms with Crippen LogP contribution in [0.5, 0.6) is 11.5 Å². The van der Waals surface area contributed by atoms with Crippen molar-refractivity contribution in [1.29, 1.82) is 0 Å². The van der Waals surface area contributed by atoms with Crippen LogP contribution in [0.15, 0.2) is 42.5 Å². The number of amides is 1. The maximum absolute atomic E-state index is 12.7. The van der Waals surface area contributed by atoms with E-state index in [-0.39, 0.29) is 11.8 Å². The molecule has 0 atom stereocenters. The number of alkyl halides is 3. The molecule has 138 valence electrons. The van der Waals surface area contributed by atoms with Crippen molar-refractivity contribution >= 4 is 5.91 Å². The van der Waals surface area contributed by atoms with Crippen molar-refractivity contribution in [1.82, 2.24) is 4.90 Å². The third-order valence-corrected chi connectivity index (χ3v) is 4.44. The van der Waals surface area contributed by atoms with Crippen LogP contribution in [0.3, 0.4) is 0 Å². The van der Waals surface area contributed by atoms with E-state index in [1.807, 2.05) is 30.9 Å². The molecule has 0 spiro atoms. The number of ether oxygens (including phenoxy) is 1. The highest BCUT2D eigenvalue weighted by Crippen LogP contribution is 2.34. The molecule has 3 nitrogen and oxygen atoms in total. The molecule has 0 radical (unpaired) electrons. The van der Waals surface area contributed by atoms with E-state index in [1.165, 1.54) is 12.1 Å². The number of halogens is 3. The van der Waals surface area contributed by atoms with Crippen LogP contribution in [0, 0.1) is 5.92 Å². The lowest BCUT2D eigenvalue weighted by atomic mass is 9.97. The molecule has 1 heterocycles. The molecule has 6 heteroatoms. The lowest BCUT2D eigenvalue weighted by Crippen LogP contribution is -2.38. The fraction of sp³-hybridized carbons (Fsp3) is 0.350. The van der Waals surface area contributed by atoms with Crippen molar-refractivity contribution in [2.45, 2.75) is 33.0 Å². The lowest BCUT2D eigenvalue weighted by molar-refractivity contribution is -0.137. The van der Waals surface area contributed by atoms with Gasteiger partial charge in [-0.2, -0.15) is 13.2 Å². The van der Waals surface area contributed by atoms with E-state index in [1.54, 1.807) is 6.07 Å². The van der Waals surface area contributed by atoms with Gasteiger partial charge in [0.25, 0.3) is 0 Å². The van der Waals surface area contributed by atoms with Gasteiger partial charge in [-0.05, 0) is 42.3 Å². The molecular formula is C20H20F3NO2. The highest BCUT2D eigenvalue weighted by Gasteiger charge is 2.30. The van der Waals surface area contributed by atoms with Crippen LogP contribution in [0.1, 0.15) is 30.5 Å². The molecule has 0 saturated carbocycles. The largest absolute Gasteiger partial charge is 0.457 e. The Morgan fingerprint density at radius 3 is 2.42 bits per heavy atom. The van der Waals surface area contributed by atoms with E-state index in [0.717, 1.165) is 23.3 Å². The van der Waals surface area contributed by atoms with E-state index in [4.69, 9.17) is 4.74 Å². The Morgan fingerprint density at radius 2 is 1.81 bits per heavy atom. The maximum Gasteiger partial charge on any atom is 0.416 e. The topological polar surface area (TPSA) is 29.5 Å². The fourth-order valence-corrected chi connectivity index (χ4v) is 3.06. The van der Waals surface area contributed by atoms with Gasteiger partial charge in [0.05, 0.1) is 5.56 Å². The van der Waals surface area contributed by atoms with Gasteiger partial charge in [-0.15, -0.1) is 0 Å². The van der Waals surface area contributed by atoms with E-state index in [2.05, 4.69) is 0 Å². The van der Waals surface area contributed by atoms with Crippen molar-refractivity contribution in [2.24, 2.45) is 5.92 Å². The number of hydrogen-bond acceptors (Lipinski definition) is 2. The summed E-state index contributed by atoms with van der Waals surface area (Å²) in [4.78, 5) is 14.0. The Kier molecular flexibility index (Phi) is 4.94. The monoisotopic (exact) mass is 363 g/mol. The second-order valence-corrected chi connectivity index (χ2v) is 6.68. The predicted molar refractivity (Wildman–Crippen MR) is 91.9 cm³/mol. The van der Waals surface area contributed by atoms with Crippen LogP contribution in [-0.2, 0) is 23.9 Å². The van der Waals surface area contributed by atoms with Crippen LogP contribution >= 0.6 is 0 Å². The highest BCUT2D eigenvalue weighted by molar-refractivity contribution is 5.78. The summed E-state index contributed by atoms with van der Waals surface area (Å²) in [5.74, 6) is 1.04. The molecule has 0 unspecified atom stereocenters. The number of rotatable bonds is 3. The van der Waals surface area contributed by atoms with Gasteiger partial charge in [0, 0.05) is 24.6 Å². The van der Waals surface area contributed by atoms with E-state index in [0.29, 0.717) is 31.0 Å². The zero-order chi connectivity index (χ0) is 18.9. The number of carbonyl (C=O) groups is 1. The number of fused-ring (bicyclic) bond motifs is 1. The Bertz CT molecular complexity index is 798. The smallest absolute Gasteiger partial charge is 0.416 e. The van der Waals surface area contributed by atoms with Crippen LogP contribution in [-0.4, -0.2) is 17.4 Å². The number of nitrogens with zero attached hydrogens (tertiary/aromatic N) is 1. The first-order valence-corrected chi connectivity index (χ1v) is 8.50. The third kappa shape index (κ3) is 3.84. The molecule has 0 fully saturated rings. The van der Waals surface area contributed by atoms with Gasteiger partial charge in [0.1, 0.15) is 11.5 Å². The number of carbonyl (C=O) groups excluding carboxylic acids is 1. The summed E-state index contributed by atoms with van der Waals surface area (Å²) in [5.41, 5.74) is 1.30. The van der Waals surface area contributed by atoms with Crippen LogP contribution in [0.2, 0.25) is 0 Å². The normalized spacial score (nSPS) is 14.3. The first-order valence-electron chi connectivity index (χ1n) is 8.50.